The second-order valence-electron chi connectivity index (χ2n) is 9.20. The highest BCUT2D eigenvalue weighted by molar-refractivity contribution is 5.69. The maximum atomic E-state index is 11.4. The third-order valence-corrected chi connectivity index (χ3v) is 6.28. The van der Waals surface area contributed by atoms with Crippen LogP contribution in [0.25, 0.3) is 11.1 Å². The molecule has 1 atom stereocenters. The summed E-state index contributed by atoms with van der Waals surface area (Å²) in [5, 5.41) is 13.3. The molecule has 4 rings (SSSR count). The molecule has 1 aromatic heterocycles. The van der Waals surface area contributed by atoms with Crippen molar-refractivity contribution in [1.29, 1.82) is 0 Å². The summed E-state index contributed by atoms with van der Waals surface area (Å²) < 4.78 is 16.9. The van der Waals surface area contributed by atoms with Crippen LogP contribution < -0.4 is 4.74 Å². The van der Waals surface area contributed by atoms with E-state index in [0.29, 0.717) is 24.7 Å². The van der Waals surface area contributed by atoms with Gasteiger partial charge in [-0.3, -0.25) is 4.79 Å². The van der Waals surface area contributed by atoms with Gasteiger partial charge in [-0.2, -0.15) is 0 Å². The van der Waals surface area contributed by atoms with E-state index in [1.54, 1.807) is 6.07 Å². The van der Waals surface area contributed by atoms with Crippen molar-refractivity contribution in [3.8, 4) is 16.9 Å². The van der Waals surface area contributed by atoms with Gasteiger partial charge in [-0.15, -0.1) is 0 Å². The molecule has 1 N–H and O–H groups in total. The second-order valence-corrected chi connectivity index (χ2v) is 9.20. The lowest BCUT2D eigenvalue weighted by molar-refractivity contribution is -0.137. The number of aromatic nitrogens is 1. The molecular formula is C31H33NO5. The highest BCUT2D eigenvalue weighted by Crippen LogP contribution is 2.30. The molecule has 1 heterocycles. The molecule has 6 nitrogen and oxygen atoms in total. The first-order valence-electron chi connectivity index (χ1n) is 12.6. The molecule has 6 heteroatoms. The molecule has 37 heavy (non-hydrogen) atoms. The lowest BCUT2D eigenvalue weighted by Gasteiger charge is -2.15. The minimum atomic E-state index is -0.892. The van der Waals surface area contributed by atoms with Crippen LogP contribution in [-0.2, 0) is 22.7 Å². The van der Waals surface area contributed by atoms with Crippen LogP contribution in [0.4, 0.5) is 0 Å². The number of carbonyl (C=O) groups is 1. The van der Waals surface area contributed by atoms with Crippen molar-refractivity contribution in [2.45, 2.75) is 52.2 Å². The number of carboxylic acid groups (broad SMARTS) is 1. The van der Waals surface area contributed by atoms with Crippen LogP contribution in [0.2, 0.25) is 0 Å². The quantitative estimate of drug-likeness (QED) is 0.197. The summed E-state index contributed by atoms with van der Waals surface area (Å²) in [6.45, 7) is 6.05. The molecule has 0 radical (unpaired) electrons. The minimum absolute atomic E-state index is 0.0673. The maximum absolute atomic E-state index is 11.4. The van der Waals surface area contributed by atoms with Crippen molar-refractivity contribution >= 4 is 5.97 Å². The summed E-state index contributed by atoms with van der Waals surface area (Å²) in [6, 6.07) is 24.1. The van der Waals surface area contributed by atoms with E-state index in [2.05, 4.69) is 61.5 Å². The van der Waals surface area contributed by atoms with E-state index in [-0.39, 0.29) is 12.3 Å². The number of ether oxygens (including phenoxy) is 2. The Kier molecular flexibility index (Phi) is 9.11. The number of benzene rings is 3. The second kappa shape index (κ2) is 12.9. The molecule has 0 unspecified atom stereocenters. The van der Waals surface area contributed by atoms with Gasteiger partial charge in [0.1, 0.15) is 18.6 Å². The molecule has 4 aromatic rings. The van der Waals surface area contributed by atoms with Crippen LogP contribution in [0.5, 0.6) is 5.75 Å². The Bertz CT molecular complexity index is 1280. The molecule has 0 amide bonds. The minimum Gasteiger partial charge on any atom is -0.489 e. The van der Waals surface area contributed by atoms with Gasteiger partial charge in [-0.05, 0) is 59.4 Å². The normalized spacial score (nSPS) is 11.8. The molecular weight excluding hydrogens is 466 g/mol. The fourth-order valence-electron chi connectivity index (χ4n) is 4.28. The number of hydrogen-bond acceptors (Lipinski definition) is 5. The Labute approximate surface area is 217 Å². The van der Waals surface area contributed by atoms with Crippen LogP contribution in [-0.4, -0.2) is 22.8 Å². The summed E-state index contributed by atoms with van der Waals surface area (Å²) in [4.78, 5) is 11.4. The molecule has 0 aliphatic rings. The Morgan fingerprint density at radius 1 is 1.03 bits per heavy atom. The lowest BCUT2D eigenvalue weighted by atomic mass is 9.92. The SMILES string of the molecule is CCCCOCc1cccc(-c2cc(C)ccc2COc2ccc([C@H](CC(=O)O)c3ccon3)cc2)c1. The number of aliphatic carboxylic acids is 1. The van der Waals surface area contributed by atoms with Gasteiger partial charge in [0.25, 0.3) is 0 Å². The van der Waals surface area contributed by atoms with Crippen molar-refractivity contribution < 1.29 is 23.9 Å². The predicted octanol–water partition coefficient (Wildman–Crippen LogP) is 7.15. The number of unbranched alkanes of at least 4 members (excludes halogenated alkanes) is 1. The van der Waals surface area contributed by atoms with Gasteiger partial charge in [0.15, 0.2) is 0 Å². The van der Waals surface area contributed by atoms with Gasteiger partial charge in [-0.25, -0.2) is 0 Å². The summed E-state index contributed by atoms with van der Waals surface area (Å²) in [5.41, 5.74) is 7.14. The van der Waals surface area contributed by atoms with E-state index in [1.807, 2.05) is 24.3 Å². The van der Waals surface area contributed by atoms with Crippen molar-refractivity contribution in [2.24, 2.45) is 0 Å². The van der Waals surface area contributed by atoms with Crippen molar-refractivity contribution in [3.05, 3.63) is 107 Å². The van der Waals surface area contributed by atoms with Gasteiger partial charge in [0.05, 0.1) is 18.7 Å². The predicted molar refractivity (Wildman–Crippen MR) is 143 cm³/mol. The maximum Gasteiger partial charge on any atom is 0.304 e. The zero-order valence-corrected chi connectivity index (χ0v) is 21.4. The van der Waals surface area contributed by atoms with Crippen LogP contribution in [0, 0.1) is 6.92 Å². The third kappa shape index (κ3) is 7.30. The monoisotopic (exact) mass is 499 g/mol. The highest BCUT2D eigenvalue weighted by Gasteiger charge is 2.20. The van der Waals surface area contributed by atoms with Crippen molar-refractivity contribution in [1.82, 2.24) is 5.16 Å². The zero-order valence-electron chi connectivity index (χ0n) is 21.4. The standard InChI is InChI=1S/C31H33NO5/c1-3-4-15-35-20-23-6-5-7-25(18-23)28-17-22(2)8-9-26(28)21-36-27-12-10-24(11-13-27)29(19-31(33)34)30-14-16-37-32-30/h5-14,16-18,29H,3-4,15,19-21H2,1-2H3,(H,33,34)/t29-/m0/s1. The lowest BCUT2D eigenvalue weighted by Crippen LogP contribution is -2.08. The number of rotatable bonds is 13. The Morgan fingerprint density at radius 2 is 1.86 bits per heavy atom. The van der Waals surface area contributed by atoms with E-state index < -0.39 is 5.97 Å². The first kappa shape index (κ1) is 26.2. The van der Waals surface area contributed by atoms with Crippen LogP contribution in [0.1, 0.15) is 60.1 Å². The Balaban J connectivity index is 1.47. The molecule has 0 spiro atoms. The van der Waals surface area contributed by atoms with Gasteiger partial charge in [0, 0.05) is 18.6 Å². The molecule has 0 saturated carbocycles. The molecule has 0 bridgehead atoms. The smallest absolute Gasteiger partial charge is 0.304 e. The zero-order chi connectivity index (χ0) is 26.0. The number of hydrogen-bond donors (Lipinski definition) is 1. The van der Waals surface area contributed by atoms with Gasteiger partial charge < -0.3 is 19.1 Å². The first-order chi connectivity index (χ1) is 18.0. The summed E-state index contributed by atoms with van der Waals surface area (Å²) in [6.07, 6.45) is 3.58. The summed E-state index contributed by atoms with van der Waals surface area (Å²) in [5.74, 6) is -0.563. The van der Waals surface area contributed by atoms with Crippen LogP contribution in [0.3, 0.4) is 0 Å². The fourth-order valence-corrected chi connectivity index (χ4v) is 4.28. The van der Waals surface area contributed by atoms with E-state index in [1.165, 1.54) is 11.8 Å². The van der Waals surface area contributed by atoms with Gasteiger partial charge in [0.2, 0.25) is 0 Å². The van der Waals surface area contributed by atoms with Crippen LogP contribution in [0.15, 0.2) is 83.6 Å². The largest absolute Gasteiger partial charge is 0.489 e. The first-order valence-corrected chi connectivity index (χ1v) is 12.6. The number of nitrogens with zero attached hydrogens (tertiary/aromatic N) is 1. The van der Waals surface area contributed by atoms with Crippen LogP contribution >= 0.6 is 0 Å². The molecule has 0 saturated heterocycles. The Morgan fingerprint density at radius 3 is 2.59 bits per heavy atom. The third-order valence-electron chi connectivity index (χ3n) is 6.28. The molecule has 0 aliphatic heterocycles. The topological polar surface area (TPSA) is 81.8 Å². The average molecular weight is 500 g/mol. The van der Waals surface area contributed by atoms with Gasteiger partial charge >= 0.3 is 5.97 Å². The Hall–Kier alpha value is -3.90. The number of aryl methyl sites for hydroxylation is 1. The van der Waals surface area contributed by atoms with E-state index in [0.717, 1.165) is 47.3 Å². The molecule has 0 fully saturated rings. The molecule has 192 valence electrons. The van der Waals surface area contributed by atoms with Gasteiger partial charge in [-0.1, -0.05) is 72.6 Å². The number of carboxylic acids is 1. The fraction of sp³-hybridized carbons (Fsp3) is 0.290. The molecule has 3 aromatic carbocycles. The van der Waals surface area contributed by atoms with Crippen molar-refractivity contribution in [3.63, 3.8) is 0 Å². The summed E-state index contributed by atoms with van der Waals surface area (Å²) in [7, 11) is 0. The summed E-state index contributed by atoms with van der Waals surface area (Å²) >= 11 is 0. The highest BCUT2D eigenvalue weighted by atomic mass is 16.5. The van der Waals surface area contributed by atoms with Crippen molar-refractivity contribution in [2.75, 3.05) is 6.61 Å². The van der Waals surface area contributed by atoms with E-state index >= 15 is 0 Å². The molecule has 0 aliphatic carbocycles. The van der Waals surface area contributed by atoms with E-state index in [4.69, 9.17) is 14.0 Å². The van der Waals surface area contributed by atoms with E-state index in [9.17, 15) is 9.90 Å². The average Bonchev–Trinajstić information content (AvgIpc) is 3.44.